The van der Waals surface area contributed by atoms with Crippen LogP contribution in [0.5, 0.6) is 5.75 Å². The van der Waals surface area contributed by atoms with E-state index in [-0.39, 0.29) is 25.0 Å². The predicted octanol–water partition coefficient (Wildman–Crippen LogP) is 2.00. The molecule has 0 fully saturated rings. The molecule has 5 atom stereocenters. The Labute approximate surface area is 229 Å². The second kappa shape index (κ2) is 14.8. The van der Waals surface area contributed by atoms with E-state index >= 15 is 0 Å². The zero-order chi connectivity index (χ0) is 28.2. The van der Waals surface area contributed by atoms with Crippen LogP contribution >= 0.6 is 0 Å². The first-order valence-electron chi connectivity index (χ1n) is 13.0. The van der Waals surface area contributed by atoms with Gasteiger partial charge in [0.05, 0.1) is 18.1 Å². The van der Waals surface area contributed by atoms with Gasteiger partial charge in [-0.3, -0.25) is 9.59 Å². The molecular weight excluding hydrogens is 494 g/mol. The maximum atomic E-state index is 13.3. The van der Waals surface area contributed by atoms with Gasteiger partial charge in [0.1, 0.15) is 11.8 Å². The Morgan fingerprint density at radius 3 is 1.90 bits per heavy atom. The molecule has 0 radical (unpaired) electrons. The number of phenols is 1. The summed E-state index contributed by atoms with van der Waals surface area (Å²) in [5, 5.41) is 33.6. The molecule has 0 aliphatic heterocycles. The second-order valence-electron chi connectivity index (χ2n) is 9.71. The molecule has 0 aliphatic carbocycles. The molecule has 0 unspecified atom stereocenters. The third kappa shape index (κ3) is 9.68. The Balaban J connectivity index is 1.66. The molecule has 3 aromatic rings. The monoisotopic (exact) mass is 531 g/mol. The number of phenolic OH excluding ortho intramolecular Hbond substituents is 1. The van der Waals surface area contributed by atoms with E-state index in [1.54, 1.807) is 30.3 Å². The summed E-state index contributed by atoms with van der Waals surface area (Å²) in [6.45, 7) is 0. The number of carbonyl (C=O) groups excluding carboxylic acids is 2. The van der Waals surface area contributed by atoms with Crippen LogP contribution < -0.4 is 16.8 Å². The van der Waals surface area contributed by atoms with Gasteiger partial charge in [-0.1, -0.05) is 84.9 Å². The Morgan fingerprint density at radius 1 is 0.795 bits per heavy atom. The predicted molar refractivity (Wildman–Crippen MR) is 150 cm³/mol. The van der Waals surface area contributed by atoms with Crippen molar-refractivity contribution in [3.05, 3.63) is 114 Å². The Bertz CT molecular complexity index is 1200. The van der Waals surface area contributed by atoms with Gasteiger partial charge >= 0.3 is 0 Å². The number of aliphatic hydroxyl groups excluding tert-OH is 2. The van der Waals surface area contributed by atoms with Crippen LogP contribution in [0.2, 0.25) is 0 Å². The number of nitrogens with one attached hydrogen (secondary N) is 1. The average molecular weight is 532 g/mol. The van der Waals surface area contributed by atoms with E-state index in [1.165, 1.54) is 6.08 Å². The summed E-state index contributed by atoms with van der Waals surface area (Å²) in [6.07, 6.45) is 2.06. The maximum absolute atomic E-state index is 13.3. The molecule has 0 saturated heterocycles. The van der Waals surface area contributed by atoms with E-state index in [4.69, 9.17) is 11.5 Å². The van der Waals surface area contributed by atoms with Crippen molar-refractivity contribution < 1.29 is 24.9 Å². The van der Waals surface area contributed by atoms with Gasteiger partial charge in [-0.15, -0.1) is 0 Å². The second-order valence-corrected chi connectivity index (χ2v) is 9.71. The third-order valence-electron chi connectivity index (χ3n) is 6.60. The lowest BCUT2D eigenvalue weighted by Crippen LogP contribution is -2.50. The molecular formula is C31H37N3O5. The quantitative estimate of drug-likeness (QED) is 0.175. The molecule has 8 nitrogen and oxygen atoms in total. The molecule has 0 saturated carbocycles. The smallest absolute Gasteiger partial charge is 0.240 e. The summed E-state index contributed by atoms with van der Waals surface area (Å²) >= 11 is 0. The molecule has 0 bridgehead atoms. The molecule has 0 aliphatic rings. The lowest BCUT2D eigenvalue weighted by molar-refractivity contribution is -0.131. The molecule has 3 aromatic carbocycles. The molecule has 8 heteroatoms. The topological polar surface area (TPSA) is 159 Å². The van der Waals surface area contributed by atoms with Gasteiger partial charge in [0, 0.05) is 12.5 Å². The molecule has 39 heavy (non-hydrogen) atoms. The highest BCUT2D eigenvalue weighted by Crippen LogP contribution is 2.17. The van der Waals surface area contributed by atoms with Crippen LogP contribution in [0.4, 0.5) is 0 Å². The van der Waals surface area contributed by atoms with E-state index in [1.807, 2.05) is 60.7 Å². The van der Waals surface area contributed by atoms with Crippen LogP contribution in [0.15, 0.2) is 97.1 Å². The molecule has 0 aromatic heterocycles. The van der Waals surface area contributed by atoms with Crippen molar-refractivity contribution in [1.29, 1.82) is 0 Å². The van der Waals surface area contributed by atoms with Crippen molar-refractivity contribution >= 4 is 11.8 Å². The summed E-state index contributed by atoms with van der Waals surface area (Å²) < 4.78 is 0. The van der Waals surface area contributed by atoms with Gasteiger partial charge in [-0.25, -0.2) is 0 Å². The summed E-state index contributed by atoms with van der Waals surface area (Å²) in [6, 6.07) is 23.6. The van der Waals surface area contributed by atoms with Crippen LogP contribution in [0.25, 0.3) is 0 Å². The molecule has 0 spiro atoms. The number of aromatic hydroxyl groups is 1. The van der Waals surface area contributed by atoms with Crippen molar-refractivity contribution in [2.45, 2.75) is 50.0 Å². The molecule has 8 N–H and O–H groups in total. The highest BCUT2D eigenvalue weighted by Gasteiger charge is 2.29. The first-order valence-corrected chi connectivity index (χ1v) is 13.0. The number of nitrogens with two attached hydrogens (primary N) is 2. The lowest BCUT2D eigenvalue weighted by Gasteiger charge is -2.24. The number of hydrogen-bond donors (Lipinski definition) is 6. The van der Waals surface area contributed by atoms with Crippen molar-refractivity contribution in [2.24, 2.45) is 17.4 Å². The summed E-state index contributed by atoms with van der Waals surface area (Å²) in [5.41, 5.74) is 14.3. The molecule has 3 rings (SSSR count). The number of hydrogen-bond acceptors (Lipinski definition) is 6. The number of rotatable bonds is 14. The van der Waals surface area contributed by atoms with Gasteiger partial charge in [0.2, 0.25) is 11.8 Å². The van der Waals surface area contributed by atoms with Gasteiger partial charge in [-0.05, 0) is 48.1 Å². The maximum Gasteiger partial charge on any atom is 0.240 e. The van der Waals surface area contributed by atoms with Gasteiger partial charge < -0.3 is 32.1 Å². The summed E-state index contributed by atoms with van der Waals surface area (Å²) in [5.74, 6) is -1.91. The van der Waals surface area contributed by atoms with Crippen LogP contribution in [-0.2, 0) is 28.9 Å². The third-order valence-corrected chi connectivity index (χ3v) is 6.60. The van der Waals surface area contributed by atoms with Crippen LogP contribution in [0.1, 0.15) is 23.1 Å². The fourth-order valence-corrected chi connectivity index (χ4v) is 4.29. The number of carbonyl (C=O) groups is 2. The Morgan fingerprint density at radius 2 is 1.33 bits per heavy atom. The minimum Gasteiger partial charge on any atom is -0.508 e. The fraction of sp³-hybridized carbons (Fsp3) is 0.290. The van der Waals surface area contributed by atoms with Crippen molar-refractivity contribution in [3.63, 3.8) is 0 Å². The summed E-state index contributed by atoms with van der Waals surface area (Å²) in [4.78, 5) is 25.5. The van der Waals surface area contributed by atoms with Gasteiger partial charge in [0.15, 0.2) is 0 Å². The Kier molecular flexibility index (Phi) is 11.2. The van der Waals surface area contributed by atoms with E-state index in [9.17, 15) is 24.9 Å². The average Bonchev–Trinajstić information content (AvgIpc) is 2.93. The number of benzene rings is 3. The molecule has 2 amide bonds. The molecule has 0 heterocycles. The largest absolute Gasteiger partial charge is 0.508 e. The minimum atomic E-state index is -1.18. The van der Waals surface area contributed by atoms with E-state index in [0.717, 1.165) is 16.7 Å². The number of aliphatic hydroxyl groups is 2. The normalized spacial score (nSPS) is 15.3. The van der Waals surface area contributed by atoms with E-state index in [2.05, 4.69) is 5.32 Å². The molecule has 206 valence electrons. The van der Waals surface area contributed by atoms with Crippen LogP contribution in [0, 0.1) is 5.92 Å². The highest BCUT2D eigenvalue weighted by molar-refractivity contribution is 5.88. The van der Waals surface area contributed by atoms with Crippen molar-refractivity contribution in [1.82, 2.24) is 5.32 Å². The lowest BCUT2D eigenvalue weighted by atomic mass is 9.91. The SMILES string of the molecule is NC(=O)[C@H](Cc1ccccc1)NC(=O)[C@H](Cc1ccccc1)[C@@H](O)/C=C/C[C@@H](O)[C@@H](N)Cc1ccc(O)cc1. The fourth-order valence-electron chi connectivity index (χ4n) is 4.29. The first kappa shape index (κ1) is 29.6. The van der Waals surface area contributed by atoms with Crippen LogP contribution in [0.3, 0.4) is 0 Å². The van der Waals surface area contributed by atoms with E-state index < -0.39 is 42.0 Å². The number of primary amides is 1. The van der Waals surface area contributed by atoms with E-state index in [0.29, 0.717) is 6.42 Å². The van der Waals surface area contributed by atoms with Crippen molar-refractivity contribution in [3.8, 4) is 5.75 Å². The first-order chi connectivity index (χ1) is 18.7. The van der Waals surface area contributed by atoms with Gasteiger partial charge in [-0.2, -0.15) is 0 Å². The standard InChI is InChI=1S/C31H37N3O5/c32-26(19-23-14-16-24(35)17-15-23)29(37)13-7-12-28(36)25(18-21-8-3-1-4-9-21)31(39)34-27(30(33)38)20-22-10-5-2-6-11-22/h1-12,14-17,25-29,35-37H,13,18-20,32H2,(H2,33,38)(H,34,39)/b12-7+/t25-,26+,27+,28+,29-/m1/s1. The van der Waals surface area contributed by atoms with Crippen molar-refractivity contribution in [2.75, 3.05) is 0 Å². The number of amides is 2. The highest BCUT2D eigenvalue weighted by atomic mass is 16.3. The minimum absolute atomic E-state index is 0.154. The zero-order valence-electron chi connectivity index (χ0n) is 21.8. The zero-order valence-corrected chi connectivity index (χ0v) is 21.8. The summed E-state index contributed by atoms with van der Waals surface area (Å²) in [7, 11) is 0. The van der Waals surface area contributed by atoms with Crippen LogP contribution in [-0.4, -0.2) is 51.4 Å². The Hall–Kier alpha value is -3.98. The van der Waals surface area contributed by atoms with Gasteiger partial charge in [0.25, 0.3) is 0 Å².